The highest BCUT2D eigenvalue weighted by molar-refractivity contribution is 5.09. The summed E-state index contributed by atoms with van der Waals surface area (Å²) in [5.41, 5.74) is 2.05. The van der Waals surface area contributed by atoms with Gasteiger partial charge in [-0.25, -0.2) is 0 Å². The molecule has 0 saturated heterocycles. The summed E-state index contributed by atoms with van der Waals surface area (Å²) in [6, 6.07) is 5.99. The Bertz CT molecular complexity index is 305. The summed E-state index contributed by atoms with van der Waals surface area (Å²) in [4.78, 5) is 6.57. The summed E-state index contributed by atoms with van der Waals surface area (Å²) < 4.78 is 5.04. The van der Waals surface area contributed by atoms with Crippen molar-refractivity contribution in [3.8, 4) is 0 Å². The summed E-state index contributed by atoms with van der Waals surface area (Å²) in [5, 5.41) is 8.97. The van der Waals surface area contributed by atoms with Crippen molar-refractivity contribution in [3.05, 3.63) is 29.6 Å². The van der Waals surface area contributed by atoms with Crippen LogP contribution in [0.15, 0.2) is 18.2 Å². The van der Waals surface area contributed by atoms with E-state index >= 15 is 0 Å². The van der Waals surface area contributed by atoms with Crippen molar-refractivity contribution < 1.29 is 9.84 Å². The van der Waals surface area contributed by atoms with Gasteiger partial charge in [-0.2, -0.15) is 0 Å². The van der Waals surface area contributed by atoms with Crippen LogP contribution in [-0.2, 0) is 11.3 Å². The molecule has 0 aliphatic carbocycles. The highest BCUT2D eigenvalue weighted by atomic mass is 16.5. The smallest absolute Gasteiger partial charge is 0.0589 e. The van der Waals surface area contributed by atoms with E-state index < -0.39 is 0 Å². The molecular formula is C12H20N2O2. The average molecular weight is 224 g/mol. The summed E-state index contributed by atoms with van der Waals surface area (Å²) in [5.74, 6) is 0. The van der Waals surface area contributed by atoms with E-state index in [1.165, 1.54) is 0 Å². The SMILES string of the molecule is COCCN(CCO)Cc1cccc(C)n1. The van der Waals surface area contributed by atoms with E-state index in [0.717, 1.165) is 24.5 Å². The van der Waals surface area contributed by atoms with Crippen molar-refractivity contribution in [2.75, 3.05) is 33.4 Å². The number of aliphatic hydroxyl groups excluding tert-OH is 1. The van der Waals surface area contributed by atoms with Crippen LogP contribution >= 0.6 is 0 Å². The first-order valence-corrected chi connectivity index (χ1v) is 5.51. The van der Waals surface area contributed by atoms with Gasteiger partial charge in [0, 0.05) is 32.4 Å². The fourth-order valence-corrected chi connectivity index (χ4v) is 1.55. The van der Waals surface area contributed by atoms with Crippen LogP contribution in [0, 0.1) is 6.92 Å². The lowest BCUT2D eigenvalue weighted by Crippen LogP contribution is -2.30. The van der Waals surface area contributed by atoms with Crippen LogP contribution < -0.4 is 0 Å². The van der Waals surface area contributed by atoms with Crippen molar-refractivity contribution in [3.63, 3.8) is 0 Å². The Morgan fingerprint density at radius 1 is 1.38 bits per heavy atom. The minimum atomic E-state index is 0.162. The van der Waals surface area contributed by atoms with E-state index in [4.69, 9.17) is 9.84 Å². The molecule has 0 amide bonds. The van der Waals surface area contributed by atoms with Gasteiger partial charge in [-0.1, -0.05) is 6.07 Å². The van der Waals surface area contributed by atoms with Crippen LogP contribution in [-0.4, -0.2) is 48.4 Å². The Labute approximate surface area is 96.9 Å². The lowest BCUT2D eigenvalue weighted by atomic mass is 10.3. The molecule has 4 nitrogen and oxygen atoms in total. The molecule has 0 spiro atoms. The molecular weight excluding hydrogens is 204 g/mol. The number of aromatic nitrogens is 1. The van der Waals surface area contributed by atoms with E-state index in [0.29, 0.717) is 13.2 Å². The summed E-state index contributed by atoms with van der Waals surface area (Å²) in [6.45, 7) is 5.04. The highest BCUT2D eigenvalue weighted by Crippen LogP contribution is 2.02. The zero-order valence-electron chi connectivity index (χ0n) is 10.0. The molecule has 0 aromatic carbocycles. The number of aryl methyl sites for hydroxylation is 1. The Balaban J connectivity index is 2.52. The molecule has 0 aliphatic rings. The molecule has 1 aromatic heterocycles. The molecule has 0 unspecified atom stereocenters. The van der Waals surface area contributed by atoms with E-state index in [9.17, 15) is 0 Å². The van der Waals surface area contributed by atoms with Crippen LogP contribution in [0.25, 0.3) is 0 Å². The number of nitrogens with zero attached hydrogens (tertiary/aromatic N) is 2. The third-order valence-corrected chi connectivity index (χ3v) is 2.36. The molecule has 0 atom stereocenters. The monoisotopic (exact) mass is 224 g/mol. The summed E-state index contributed by atoms with van der Waals surface area (Å²) in [6.07, 6.45) is 0. The van der Waals surface area contributed by atoms with Crippen molar-refractivity contribution in [2.24, 2.45) is 0 Å². The fraction of sp³-hybridized carbons (Fsp3) is 0.583. The molecule has 0 aliphatic heterocycles. The molecule has 0 radical (unpaired) electrons. The molecule has 16 heavy (non-hydrogen) atoms. The predicted octanol–water partition coefficient (Wildman–Crippen LogP) is 0.831. The number of pyridine rings is 1. The highest BCUT2D eigenvalue weighted by Gasteiger charge is 2.05. The molecule has 0 fully saturated rings. The van der Waals surface area contributed by atoms with Crippen molar-refractivity contribution in [1.29, 1.82) is 0 Å². The van der Waals surface area contributed by atoms with Gasteiger partial charge in [0.1, 0.15) is 0 Å². The van der Waals surface area contributed by atoms with Crippen molar-refractivity contribution in [2.45, 2.75) is 13.5 Å². The van der Waals surface area contributed by atoms with Crippen LogP contribution in [0.2, 0.25) is 0 Å². The maximum absolute atomic E-state index is 8.97. The van der Waals surface area contributed by atoms with Gasteiger partial charge in [0.25, 0.3) is 0 Å². The second-order valence-electron chi connectivity index (χ2n) is 3.76. The Kier molecular flexibility index (Phi) is 6.00. The van der Waals surface area contributed by atoms with Crippen LogP contribution in [0.5, 0.6) is 0 Å². The quantitative estimate of drug-likeness (QED) is 0.745. The molecule has 4 heteroatoms. The Morgan fingerprint density at radius 3 is 2.81 bits per heavy atom. The minimum absolute atomic E-state index is 0.162. The number of ether oxygens (including phenoxy) is 1. The van der Waals surface area contributed by atoms with Crippen molar-refractivity contribution >= 4 is 0 Å². The number of aliphatic hydroxyl groups is 1. The number of rotatable bonds is 7. The third-order valence-electron chi connectivity index (χ3n) is 2.36. The molecule has 1 rings (SSSR count). The summed E-state index contributed by atoms with van der Waals surface area (Å²) >= 11 is 0. The first-order chi connectivity index (χ1) is 7.76. The number of methoxy groups -OCH3 is 1. The van der Waals surface area contributed by atoms with Gasteiger partial charge in [0.05, 0.1) is 18.9 Å². The van der Waals surface area contributed by atoms with Gasteiger partial charge in [-0.3, -0.25) is 9.88 Å². The largest absolute Gasteiger partial charge is 0.395 e. The van der Waals surface area contributed by atoms with Gasteiger partial charge < -0.3 is 9.84 Å². The van der Waals surface area contributed by atoms with Crippen LogP contribution in [0.4, 0.5) is 0 Å². The normalized spacial score (nSPS) is 11.0. The fourth-order valence-electron chi connectivity index (χ4n) is 1.55. The number of hydrogen-bond acceptors (Lipinski definition) is 4. The molecule has 0 bridgehead atoms. The van der Waals surface area contributed by atoms with Crippen LogP contribution in [0.3, 0.4) is 0 Å². The Morgan fingerprint density at radius 2 is 2.19 bits per heavy atom. The molecule has 1 aromatic rings. The first-order valence-electron chi connectivity index (χ1n) is 5.51. The van der Waals surface area contributed by atoms with Gasteiger partial charge in [0.15, 0.2) is 0 Å². The van der Waals surface area contributed by atoms with Gasteiger partial charge in [-0.05, 0) is 19.1 Å². The number of hydrogen-bond donors (Lipinski definition) is 1. The first kappa shape index (κ1) is 13.1. The zero-order valence-corrected chi connectivity index (χ0v) is 10.0. The van der Waals surface area contributed by atoms with E-state index in [2.05, 4.69) is 9.88 Å². The molecule has 0 saturated carbocycles. The van der Waals surface area contributed by atoms with E-state index in [1.807, 2.05) is 25.1 Å². The molecule has 1 heterocycles. The second-order valence-corrected chi connectivity index (χ2v) is 3.76. The van der Waals surface area contributed by atoms with Gasteiger partial charge in [0.2, 0.25) is 0 Å². The summed E-state index contributed by atoms with van der Waals surface area (Å²) in [7, 11) is 1.68. The van der Waals surface area contributed by atoms with Crippen molar-refractivity contribution in [1.82, 2.24) is 9.88 Å². The minimum Gasteiger partial charge on any atom is -0.395 e. The zero-order chi connectivity index (χ0) is 11.8. The molecule has 1 N–H and O–H groups in total. The lowest BCUT2D eigenvalue weighted by molar-refractivity contribution is 0.126. The lowest BCUT2D eigenvalue weighted by Gasteiger charge is -2.20. The molecule has 90 valence electrons. The van der Waals surface area contributed by atoms with Crippen LogP contribution in [0.1, 0.15) is 11.4 Å². The Hall–Kier alpha value is -0.970. The standard InChI is InChI=1S/C12H20N2O2/c1-11-4-3-5-12(13-11)10-14(6-8-15)7-9-16-2/h3-5,15H,6-10H2,1-2H3. The van der Waals surface area contributed by atoms with Gasteiger partial charge >= 0.3 is 0 Å². The third kappa shape index (κ3) is 4.70. The predicted molar refractivity (Wildman–Crippen MR) is 63.2 cm³/mol. The maximum atomic E-state index is 8.97. The van der Waals surface area contributed by atoms with E-state index in [1.54, 1.807) is 7.11 Å². The van der Waals surface area contributed by atoms with E-state index in [-0.39, 0.29) is 6.61 Å². The second kappa shape index (κ2) is 7.33. The average Bonchev–Trinajstić information content (AvgIpc) is 2.26. The topological polar surface area (TPSA) is 45.6 Å². The maximum Gasteiger partial charge on any atom is 0.0589 e. The van der Waals surface area contributed by atoms with Gasteiger partial charge in [-0.15, -0.1) is 0 Å².